The van der Waals surface area contributed by atoms with Gasteiger partial charge in [-0.1, -0.05) is 53.5 Å². The van der Waals surface area contributed by atoms with Gasteiger partial charge in [0.05, 0.1) is 24.7 Å². The third-order valence-corrected chi connectivity index (χ3v) is 4.84. The number of halogens is 2. The van der Waals surface area contributed by atoms with Crippen LogP contribution in [-0.2, 0) is 25.5 Å². The van der Waals surface area contributed by atoms with Crippen molar-refractivity contribution in [3.05, 3.63) is 64.1 Å². The number of carbonyl (C=O) groups is 3. The van der Waals surface area contributed by atoms with Crippen molar-refractivity contribution in [2.75, 3.05) is 13.2 Å². The molecule has 2 aromatic rings. The van der Waals surface area contributed by atoms with Crippen LogP contribution in [0.5, 0.6) is 5.75 Å². The van der Waals surface area contributed by atoms with Gasteiger partial charge >= 0.3 is 5.97 Å². The molecule has 2 N–H and O–H groups in total. The van der Waals surface area contributed by atoms with Crippen molar-refractivity contribution in [1.82, 2.24) is 10.9 Å². The van der Waals surface area contributed by atoms with Crippen LogP contribution >= 0.6 is 23.2 Å². The van der Waals surface area contributed by atoms with Crippen LogP contribution in [0.1, 0.15) is 37.7 Å². The summed E-state index contributed by atoms with van der Waals surface area (Å²) in [5.74, 6) is -0.800. The van der Waals surface area contributed by atoms with Crippen LogP contribution in [0.3, 0.4) is 0 Å². The van der Waals surface area contributed by atoms with Gasteiger partial charge in [0.2, 0.25) is 11.8 Å². The average molecular weight is 481 g/mol. The van der Waals surface area contributed by atoms with Crippen molar-refractivity contribution in [2.45, 2.75) is 38.5 Å². The molecule has 0 spiro atoms. The minimum absolute atomic E-state index is 0.0528. The van der Waals surface area contributed by atoms with Crippen molar-refractivity contribution >= 4 is 41.0 Å². The first-order chi connectivity index (χ1) is 15.4. The molecule has 7 nitrogen and oxygen atoms in total. The fourth-order valence-electron chi connectivity index (χ4n) is 2.67. The molecule has 2 rings (SSSR count). The number of aryl methyl sites for hydroxylation is 1. The molecule has 0 aliphatic carbocycles. The van der Waals surface area contributed by atoms with E-state index < -0.39 is 11.9 Å². The fraction of sp³-hybridized carbons (Fsp3) is 0.348. The molecule has 0 atom stereocenters. The summed E-state index contributed by atoms with van der Waals surface area (Å²) in [5.41, 5.74) is 5.76. The van der Waals surface area contributed by atoms with Crippen molar-refractivity contribution in [1.29, 1.82) is 0 Å². The van der Waals surface area contributed by atoms with Crippen LogP contribution < -0.4 is 15.6 Å². The lowest BCUT2D eigenvalue weighted by atomic mass is 10.1. The molecule has 0 bridgehead atoms. The van der Waals surface area contributed by atoms with E-state index in [9.17, 15) is 14.4 Å². The highest BCUT2D eigenvalue weighted by molar-refractivity contribution is 6.35. The molecular weight excluding hydrogens is 455 g/mol. The lowest BCUT2D eigenvalue weighted by Crippen LogP contribution is -2.41. The van der Waals surface area contributed by atoms with E-state index >= 15 is 0 Å². The number of carbonyl (C=O) groups excluding carboxylic acids is 3. The van der Waals surface area contributed by atoms with Crippen LogP contribution in [0.2, 0.25) is 10.0 Å². The first kappa shape index (κ1) is 25.5. The van der Waals surface area contributed by atoms with Crippen LogP contribution in [0.25, 0.3) is 0 Å². The van der Waals surface area contributed by atoms with Crippen LogP contribution in [0.4, 0.5) is 0 Å². The Labute approximate surface area is 197 Å². The summed E-state index contributed by atoms with van der Waals surface area (Å²) in [6.45, 7) is 0.578. The number of esters is 1. The van der Waals surface area contributed by atoms with Gasteiger partial charge in [-0.3, -0.25) is 25.2 Å². The van der Waals surface area contributed by atoms with Gasteiger partial charge in [-0.05, 0) is 43.0 Å². The monoisotopic (exact) mass is 480 g/mol. The number of hydrogen-bond donors (Lipinski definition) is 2. The van der Waals surface area contributed by atoms with E-state index in [-0.39, 0.29) is 31.8 Å². The van der Waals surface area contributed by atoms with Crippen molar-refractivity contribution in [3.8, 4) is 5.75 Å². The van der Waals surface area contributed by atoms with E-state index in [4.69, 9.17) is 32.7 Å². The second-order valence-corrected chi connectivity index (χ2v) is 7.78. The average Bonchev–Trinajstić information content (AvgIpc) is 2.78. The summed E-state index contributed by atoms with van der Waals surface area (Å²) in [7, 11) is 0. The SMILES string of the molecule is O=C(CCCOc1ccc(Cl)cc1Cl)NNC(=O)CCC(=O)OCCCc1ccccc1. The summed E-state index contributed by atoms with van der Waals surface area (Å²) in [6.07, 6.45) is 1.98. The zero-order valence-corrected chi connectivity index (χ0v) is 19.1. The zero-order chi connectivity index (χ0) is 23.2. The maximum absolute atomic E-state index is 11.8. The van der Waals surface area contributed by atoms with Gasteiger partial charge in [-0.15, -0.1) is 0 Å². The van der Waals surface area contributed by atoms with Gasteiger partial charge in [0, 0.05) is 17.9 Å². The highest BCUT2D eigenvalue weighted by Crippen LogP contribution is 2.27. The molecule has 0 radical (unpaired) electrons. The van der Waals surface area contributed by atoms with E-state index in [1.54, 1.807) is 18.2 Å². The summed E-state index contributed by atoms with van der Waals surface area (Å²) in [4.78, 5) is 35.3. The largest absolute Gasteiger partial charge is 0.492 e. The number of benzene rings is 2. The summed E-state index contributed by atoms with van der Waals surface area (Å²) in [5, 5.41) is 0.901. The minimum Gasteiger partial charge on any atom is -0.492 e. The van der Waals surface area contributed by atoms with Gasteiger partial charge < -0.3 is 9.47 Å². The lowest BCUT2D eigenvalue weighted by molar-refractivity contribution is -0.145. The summed E-state index contributed by atoms with van der Waals surface area (Å²) in [6, 6.07) is 14.8. The molecule has 2 aromatic carbocycles. The number of ether oxygens (including phenoxy) is 2. The number of amides is 2. The van der Waals surface area contributed by atoms with Crippen molar-refractivity contribution < 1.29 is 23.9 Å². The fourth-order valence-corrected chi connectivity index (χ4v) is 3.13. The Balaban J connectivity index is 1.48. The van der Waals surface area contributed by atoms with Crippen LogP contribution in [-0.4, -0.2) is 31.0 Å². The predicted molar refractivity (Wildman–Crippen MR) is 122 cm³/mol. The summed E-state index contributed by atoms with van der Waals surface area (Å²) < 4.78 is 10.6. The first-order valence-corrected chi connectivity index (χ1v) is 11.0. The third kappa shape index (κ3) is 10.5. The minimum atomic E-state index is -0.469. The molecule has 0 aromatic heterocycles. The maximum Gasteiger partial charge on any atom is 0.306 e. The molecule has 9 heteroatoms. The highest BCUT2D eigenvalue weighted by atomic mass is 35.5. The standard InChI is InChI=1S/C23H26Cl2N2O5/c24-18-10-11-20(19(25)16-18)31-14-5-9-21(28)26-27-22(29)12-13-23(30)32-15-4-8-17-6-2-1-3-7-17/h1-3,6-7,10-11,16H,4-5,8-9,12-15H2,(H,26,28)(H,27,29). The summed E-state index contributed by atoms with van der Waals surface area (Å²) >= 11 is 11.8. The van der Waals surface area contributed by atoms with Gasteiger partial charge in [0.1, 0.15) is 5.75 Å². The molecule has 0 aliphatic heterocycles. The number of hydrazine groups is 1. The molecule has 32 heavy (non-hydrogen) atoms. The van der Waals surface area contributed by atoms with E-state index in [1.807, 2.05) is 30.3 Å². The van der Waals surface area contributed by atoms with Gasteiger partial charge in [-0.2, -0.15) is 0 Å². The Morgan fingerprint density at radius 1 is 0.812 bits per heavy atom. The first-order valence-electron chi connectivity index (χ1n) is 10.3. The lowest BCUT2D eigenvalue weighted by Gasteiger charge is -2.09. The Morgan fingerprint density at radius 3 is 2.25 bits per heavy atom. The zero-order valence-electron chi connectivity index (χ0n) is 17.6. The van der Waals surface area contributed by atoms with Gasteiger partial charge in [-0.25, -0.2) is 0 Å². The number of hydrogen-bond acceptors (Lipinski definition) is 5. The van der Waals surface area contributed by atoms with E-state index in [0.717, 1.165) is 6.42 Å². The van der Waals surface area contributed by atoms with Gasteiger partial charge in [0.25, 0.3) is 0 Å². The van der Waals surface area contributed by atoms with Crippen LogP contribution in [0, 0.1) is 0 Å². The third-order valence-electron chi connectivity index (χ3n) is 4.31. The molecule has 0 fully saturated rings. The molecule has 0 unspecified atom stereocenters. The molecule has 0 saturated carbocycles. The van der Waals surface area contributed by atoms with Crippen LogP contribution in [0.15, 0.2) is 48.5 Å². The maximum atomic E-state index is 11.8. The van der Waals surface area contributed by atoms with Crippen molar-refractivity contribution in [3.63, 3.8) is 0 Å². The quantitative estimate of drug-likeness (QED) is 0.269. The predicted octanol–water partition coefficient (Wildman–Crippen LogP) is 4.26. The Kier molecular flexibility index (Phi) is 11.4. The van der Waals surface area contributed by atoms with Crippen molar-refractivity contribution in [2.24, 2.45) is 0 Å². The Morgan fingerprint density at radius 2 is 1.53 bits per heavy atom. The molecular formula is C23H26Cl2N2O5. The van der Waals surface area contributed by atoms with Gasteiger partial charge in [0.15, 0.2) is 0 Å². The van der Waals surface area contributed by atoms with E-state index in [2.05, 4.69) is 10.9 Å². The normalized spacial score (nSPS) is 10.3. The number of rotatable bonds is 12. The second-order valence-electron chi connectivity index (χ2n) is 6.93. The molecule has 172 valence electrons. The Hall–Kier alpha value is -2.77. The molecule has 0 saturated heterocycles. The second kappa shape index (κ2) is 14.3. The van der Waals surface area contributed by atoms with E-state index in [1.165, 1.54) is 5.56 Å². The highest BCUT2D eigenvalue weighted by Gasteiger charge is 2.10. The number of nitrogens with one attached hydrogen (secondary N) is 2. The molecule has 0 aliphatic rings. The Bertz CT molecular complexity index is 893. The molecule has 2 amide bonds. The molecule has 0 heterocycles. The topological polar surface area (TPSA) is 93.7 Å². The van der Waals surface area contributed by atoms with E-state index in [0.29, 0.717) is 35.2 Å². The smallest absolute Gasteiger partial charge is 0.306 e.